The summed E-state index contributed by atoms with van der Waals surface area (Å²) in [6, 6.07) is 14.3. The van der Waals surface area contributed by atoms with Gasteiger partial charge in [0, 0.05) is 15.7 Å². The summed E-state index contributed by atoms with van der Waals surface area (Å²) in [6.45, 7) is 0. The molecule has 30 heavy (non-hydrogen) atoms. The fourth-order valence-corrected chi connectivity index (χ4v) is 3.33. The highest BCUT2D eigenvalue weighted by Crippen LogP contribution is 2.32. The highest BCUT2D eigenvalue weighted by atomic mass is 79.9. The van der Waals surface area contributed by atoms with Gasteiger partial charge in [-0.15, -0.1) is 0 Å². The first-order valence-electron chi connectivity index (χ1n) is 8.53. The highest BCUT2D eigenvalue weighted by Gasteiger charge is 2.34. The Morgan fingerprint density at radius 1 is 1.10 bits per heavy atom. The summed E-state index contributed by atoms with van der Waals surface area (Å²) < 4.78 is 45.8. The number of amides is 1. The average molecular weight is 498 g/mol. The van der Waals surface area contributed by atoms with Crippen molar-refractivity contribution in [1.29, 1.82) is 0 Å². The fourth-order valence-electron chi connectivity index (χ4n) is 2.40. The molecule has 0 spiro atoms. The topological polar surface area (TPSA) is 64.1 Å². The lowest BCUT2D eigenvalue weighted by Crippen LogP contribution is -2.15. The van der Waals surface area contributed by atoms with Gasteiger partial charge in [-0.1, -0.05) is 27.7 Å². The van der Waals surface area contributed by atoms with Gasteiger partial charge in [0.05, 0.1) is 18.6 Å². The molecule has 0 fully saturated rings. The van der Waals surface area contributed by atoms with Crippen molar-refractivity contribution in [3.63, 3.8) is 0 Å². The Morgan fingerprint density at radius 3 is 2.37 bits per heavy atom. The molecule has 0 aliphatic carbocycles. The van der Waals surface area contributed by atoms with E-state index in [4.69, 9.17) is 4.74 Å². The number of nitrogens with zero attached hydrogens (tertiary/aromatic N) is 2. The zero-order chi connectivity index (χ0) is 21.7. The van der Waals surface area contributed by atoms with Crippen LogP contribution in [-0.2, 0) is 11.0 Å². The first-order chi connectivity index (χ1) is 14.2. The van der Waals surface area contributed by atoms with Gasteiger partial charge in [-0.25, -0.2) is 9.97 Å². The standard InChI is InChI=1S/C20H15BrF3N3O2S/c1-29-15-8-2-12(3-9-15)16-10-17(20(22,23)24)27-19(26-16)30-11-18(28)25-14-6-4-13(21)5-7-14/h2-10H,11H2,1H3,(H,25,28). The van der Waals surface area contributed by atoms with Crippen LogP contribution >= 0.6 is 27.7 Å². The predicted molar refractivity (Wildman–Crippen MR) is 113 cm³/mol. The lowest BCUT2D eigenvalue weighted by molar-refractivity contribution is -0.141. The average Bonchev–Trinajstić information content (AvgIpc) is 2.73. The Hall–Kier alpha value is -2.59. The number of aromatic nitrogens is 2. The van der Waals surface area contributed by atoms with Crippen LogP contribution < -0.4 is 10.1 Å². The molecule has 1 N–H and O–H groups in total. The van der Waals surface area contributed by atoms with Gasteiger partial charge in [0.2, 0.25) is 5.91 Å². The molecule has 0 aliphatic heterocycles. The summed E-state index contributed by atoms with van der Waals surface area (Å²) >= 11 is 4.13. The minimum Gasteiger partial charge on any atom is -0.497 e. The van der Waals surface area contributed by atoms with Crippen LogP contribution in [0.5, 0.6) is 5.75 Å². The summed E-state index contributed by atoms with van der Waals surface area (Å²) in [4.78, 5) is 19.9. The number of halogens is 4. The van der Waals surface area contributed by atoms with Crippen LogP contribution in [0.2, 0.25) is 0 Å². The van der Waals surface area contributed by atoms with E-state index in [0.717, 1.165) is 22.3 Å². The Kier molecular flexibility index (Phi) is 6.99. The number of ether oxygens (including phenoxy) is 1. The predicted octanol–water partition coefficient (Wildman–Crippen LogP) is 5.66. The summed E-state index contributed by atoms with van der Waals surface area (Å²) in [6.07, 6.45) is -4.64. The maximum Gasteiger partial charge on any atom is 0.433 e. The molecule has 5 nitrogen and oxygen atoms in total. The third-order valence-corrected chi connectivity index (χ3v) is 5.22. The molecule has 2 aromatic carbocycles. The van der Waals surface area contributed by atoms with E-state index in [2.05, 4.69) is 31.2 Å². The van der Waals surface area contributed by atoms with E-state index in [1.54, 1.807) is 48.5 Å². The van der Waals surface area contributed by atoms with Crippen LogP contribution in [0.15, 0.2) is 64.2 Å². The van der Waals surface area contributed by atoms with E-state index in [9.17, 15) is 18.0 Å². The van der Waals surface area contributed by atoms with E-state index in [0.29, 0.717) is 17.0 Å². The molecule has 1 amide bonds. The van der Waals surface area contributed by atoms with Crippen molar-refractivity contribution in [1.82, 2.24) is 9.97 Å². The van der Waals surface area contributed by atoms with Crippen molar-refractivity contribution < 1.29 is 22.7 Å². The number of rotatable bonds is 6. The molecular weight excluding hydrogens is 483 g/mol. The molecule has 0 aliphatic rings. The molecule has 1 aromatic heterocycles. The fraction of sp³-hybridized carbons (Fsp3) is 0.150. The molecule has 0 saturated heterocycles. The van der Waals surface area contributed by atoms with Gasteiger partial charge in [0.1, 0.15) is 11.4 Å². The maximum absolute atomic E-state index is 13.3. The first kappa shape index (κ1) is 22.1. The van der Waals surface area contributed by atoms with Crippen molar-refractivity contribution in [3.8, 4) is 17.0 Å². The lowest BCUT2D eigenvalue weighted by Gasteiger charge is -2.11. The molecule has 1 heterocycles. The molecule has 10 heteroatoms. The number of methoxy groups -OCH3 is 1. The second-order valence-corrected chi connectivity index (χ2v) is 7.85. The SMILES string of the molecule is COc1ccc(-c2cc(C(F)(F)F)nc(SCC(=O)Nc3ccc(Br)cc3)n2)cc1. The quantitative estimate of drug-likeness (QED) is 0.351. The number of nitrogens with one attached hydrogen (secondary N) is 1. The van der Waals surface area contributed by atoms with E-state index < -0.39 is 11.9 Å². The van der Waals surface area contributed by atoms with Gasteiger partial charge in [-0.05, 0) is 54.6 Å². The van der Waals surface area contributed by atoms with Crippen molar-refractivity contribution >= 4 is 39.3 Å². The van der Waals surface area contributed by atoms with Crippen molar-refractivity contribution in [2.24, 2.45) is 0 Å². The minimum absolute atomic E-state index is 0.107. The molecule has 0 unspecified atom stereocenters. The Balaban J connectivity index is 1.79. The zero-order valence-electron chi connectivity index (χ0n) is 15.5. The van der Waals surface area contributed by atoms with Crippen molar-refractivity contribution in [2.45, 2.75) is 11.3 Å². The van der Waals surface area contributed by atoms with Gasteiger partial charge in [0.15, 0.2) is 5.16 Å². The zero-order valence-corrected chi connectivity index (χ0v) is 17.9. The number of hydrogen-bond donors (Lipinski definition) is 1. The monoisotopic (exact) mass is 497 g/mol. The van der Waals surface area contributed by atoms with Crippen LogP contribution in [-0.4, -0.2) is 28.7 Å². The van der Waals surface area contributed by atoms with Crippen LogP contribution in [0.4, 0.5) is 18.9 Å². The normalized spacial score (nSPS) is 11.2. The smallest absolute Gasteiger partial charge is 0.433 e. The molecule has 0 atom stereocenters. The Bertz CT molecular complexity index is 1030. The third-order valence-electron chi connectivity index (χ3n) is 3.84. The number of anilines is 1. The summed E-state index contributed by atoms with van der Waals surface area (Å²) in [5.74, 6) is 0.0526. The van der Waals surface area contributed by atoms with Crippen LogP contribution in [0.1, 0.15) is 5.69 Å². The second-order valence-electron chi connectivity index (χ2n) is 5.99. The number of thioether (sulfide) groups is 1. The summed E-state index contributed by atoms with van der Waals surface area (Å²) in [5.41, 5.74) is 0.0903. The molecule has 3 rings (SSSR count). The first-order valence-corrected chi connectivity index (χ1v) is 10.3. The third kappa shape index (κ3) is 5.96. The molecule has 3 aromatic rings. The van der Waals surface area contributed by atoms with Gasteiger partial charge in [-0.2, -0.15) is 13.2 Å². The van der Waals surface area contributed by atoms with Crippen molar-refractivity contribution in [3.05, 3.63) is 64.8 Å². The number of carbonyl (C=O) groups is 1. The van der Waals surface area contributed by atoms with E-state index in [1.165, 1.54) is 7.11 Å². The van der Waals surface area contributed by atoms with Crippen molar-refractivity contribution in [2.75, 3.05) is 18.2 Å². The number of benzene rings is 2. The Morgan fingerprint density at radius 2 is 1.77 bits per heavy atom. The number of alkyl halides is 3. The molecule has 0 radical (unpaired) electrons. The summed E-state index contributed by atoms with van der Waals surface area (Å²) in [7, 11) is 1.50. The molecular formula is C20H15BrF3N3O2S. The van der Waals surface area contributed by atoms with Gasteiger partial charge >= 0.3 is 6.18 Å². The highest BCUT2D eigenvalue weighted by molar-refractivity contribution is 9.10. The second kappa shape index (κ2) is 9.48. The molecule has 0 saturated carbocycles. The van der Waals surface area contributed by atoms with Crippen LogP contribution in [0.3, 0.4) is 0 Å². The van der Waals surface area contributed by atoms with E-state index >= 15 is 0 Å². The maximum atomic E-state index is 13.3. The molecule has 0 bridgehead atoms. The number of carbonyl (C=O) groups excluding carboxylic acids is 1. The minimum atomic E-state index is -4.64. The largest absolute Gasteiger partial charge is 0.497 e. The van der Waals surface area contributed by atoms with E-state index in [-0.39, 0.29) is 22.5 Å². The molecule has 156 valence electrons. The van der Waals surface area contributed by atoms with Crippen LogP contribution in [0, 0.1) is 0 Å². The Labute approximate surface area is 183 Å². The van der Waals surface area contributed by atoms with Crippen LogP contribution in [0.25, 0.3) is 11.3 Å². The van der Waals surface area contributed by atoms with E-state index in [1.807, 2.05) is 0 Å². The van der Waals surface area contributed by atoms with Gasteiger partial charge in [0.25, 0.3) is 0 Å². The number of hydrogen-bond acceptors (Lipinski definition) is 5. The van der Waals surface area contributed by atoms with Gasteiger partial charge < -0.3 is 10.1 Å². The lowest BCUT2D eigenvalue weighted by atomic mass is 10.1. The summed E-state index contributed by atoms with van der Waals surface area (Å²) in [5, 5.41) is 2.53. The van der Waals surface area contributed by atoms with Gasteiger partial charge in [-0.3, -0.25) is 4.79 Å².